The molecule has 102 valence electrons. The van der Waals surface area contributed by atoms with E-state index in [0.29, 0.717) is 6.54 Å². The summed E-state index contributed by atoms with van der Waals surface area (Å²) in [6, 6.07) is 5.87. The van der Waals surface area contributed by atoms with E-state index in [1.807, 2.05) is 32.0 Å². The highest BCUT2D eigenvalue weighted by Crippen LogP contribution is 2.19. The van der Waals surface area contributed by atoms with Gasteiger partial charge in [0.15, 0.2) is 0 Å². The first kappa shape index (κ1) is 15.0. The van der Waals surface area contributed by atoms with Crippen LogP contribution < -0.4 is 10.1 Å². The Kier molecular flexibility index (Phi) is 5.16. The molecule has 0 saturated carbocycles. The summed E-state index contributed by atoms with van der Waals surface area (Å²) in [4.78, 5) is 0. The molecule has 5 heteroatoms. The maximum absolute atomic E-state index is 11.2. The zero-order valence-electron chi connectivity index (χ0n) is 11.4. The molecule has 0 aliphatic rings. The average molecular weight is 271 g/mol. The molecule has 0 heterocycles. The molecule has 1 N–H and O–H groups in total. The number of hydrogen-bond acceptors (Lipinski definition) is 4. The van der Waals surface area contributed by atoms with Gasteiger partial charge in [-0.3, -0.25) is 0 Å². The first-order chi connectivity index (χ1) is 8.31. The average Bonchev–Trinajstić information content (AvgIpc) is 2.24. The molecule has 0 saturated heterocycles. The maximum Gasteiger partial charge on any atom is 0.148 e. The zero-order chi connectivity index (χ0) is 13.8. The van der Waals surface area contributed by atoms with E-state index in [-0.39, 0.29) is 11.8 Å². The van der Waals surface area contributed by atoms with Crippen LogP contribution in [0.15, 0.2) is 18.2 Å². The number of methoxy groups -OCH3 is 1. The van der Waals surface area contributed by atoms with Crippen LogP contribution in [0.5, 0.6) is 5.75 Å². The van der Waals surface area contributed by atoms with E-state index in [1.54, 1.807) is 7.11 Å². The fourth-order valence-electron chi connectivity index (χ4n) is 1.84. The third-order valence-corrected chi connectivity index (χ3v) is 3.74. The first-order valence-corrected chi connectivity index (χ1v) is 7.92. The second kappa shape index (κ2) is 6.20. The summed E-state index contributed by atoms with van der Waals surface area (Å²) in [5.74, 6) is 0.959. The van der Waals surface area contributed by atoms with Gasteiger partial charge in [-0.25, -0.2) is 8.42 Å². The summed E-state index contributed by atoms with van der Waals surface area (Å²) in [6.07, 6.45) is 1.25. The van der Waals surface area contributed by atoms with Gasteiger partial charge in [0.05, 0.1) is 12.9 Å². The maximum atomic E-state index is 11.2. The van der Waals surface area contributed by atoms with Crippen molar-refractivity contribution in [2.24, 2.45) is 0 Å². The third kappa shape index (κ3) is 5.06. The lowest BCUT2D eigenvalue weighted by Crippen LogP contribution is -2.32. The number of hydrogen-bond donors (Lipinski definition) is 1. The number of nitrogens with one attached hydrogen (secondary N) is 1. The first-order valence-electron chi connectivity index (χ1n) is 5.86. The van der Waals surface area contributed by atoms with Gasteiger partial charge in [-0.1, -0.05) is 17.7 Å². The molecule has 0 radical (unpaired) electrons. The minimum absolute atomic E-state index is 0.0785. The lowest BCUT2D eigenvalue weighted by molar-refractivity contribution is 0.406. The lowest BCUT2D eigenvalue weighted by Gasteiger charge is -2.15. The minimum Gasteiger partial charge on any atom is -0.496 e. The summed E-state index contributed by atoms with van der Waals surface area (Å²) in [5.41, 5.74) is 2.20. The van der Waals surface area contributed by atoms with Crippen LogP contribution in [0.1, 0.15) is 18.1 Å². The predicted octanol–water partition coefficient (Wildman–Crippen LogP) is 1.53. The molecule has 0 fully saturated rings. The Morgan fingerprint density at radius 1 is 1.39 bits per heavy atom. The van der Waals surface area contributed by atoms with Crippen molar-refractivity contribution in [1.82, 2.24) is 5.32 Å². The molecule has 1 atom stereocenters. The van der Waals surface area contributed by atoms with E-state index in [9.17, 15) is 8.42 Å². The standard InChI is InChI=1S/C13H21NO3S/c1-10-5-6-13(17-3)12(7-10)8-14-11(2)9-18(4,15)16/h5-7,11,14H,8-9H2,1-4H3. The van der Waals surface area contributed by atoms with Crippen molar-refractivity contribution in [2.75, 3.05) is 19.1 Å². The van der Waals surface area contributed by atoms with Gasteiger partial charge < -0.3 is 10.1 Å². The second-order valence-corrected chi connectivity index (χ2v) is 6.87. The molecule has 1 aromatic rings. The highest BCUT2D eigenvalue weighted by Gasteiger charge is 2.11. The van der Waals surface area contributed by atoms with Crippen LogP contribution in [0, 0.1) is 6.92 Å². The molecule has 4 nitrogen and oxygen atoms in total. The smallest absolute Gasteiger partial charge is 0.148 e. The van der Waals surface area contributed by atoms with Crippen LogP contribution in [-0.2, 0) is 16.4 Å². The van der Waals surface area contributed by atoms with Gasteiger partial charge in [0.25, 0.3) is 0 Å². The highest BCUT2D eigenvalue weighted by molar-refractivity contribution is 7.90. The van der Waals surface area contributed by atoms with Crippen molar-refractivity contribution >= 4 is 9.84 Å². The van der Waals surface area contributed by atoms with Crippen LogP contribution in [0.2, 0.25) is 0 Å². The number of rotatable bonds is 6. The predicted molar refractivity (Wildman–Crippen MR) is 73.7 cm³/mol. The molecule has 0 aromatic heterocycles. The molecular weight excluding hydrogens is 250 g/mol. The van der Waals surface area contributed by atoms with Gasteiger partial charge in [0.1, 0.15) is 15.6 Å². The molecule has 0 bridgehead atoms. The van der Waals surface area contributed by atoms with Crippen LogP contribution in [0.3, 0.4) is 0 Å². The van der Waals surface area contributed by atoms with Crippen molar-refractivity contribution in [2.45, 2.75) is 26.4 Å². The van der Waals surface area contributed by atoms with Gasteiger partial charge in [-0.05, 0) is 19.9 Å². The fourth-order valence-corrected chi connectivity index (χ4v) is 2.87. The Bertz CT molecular complexity index is 497. The number of sulfone groups is 1. The summed E-state index contributed by atoms with van der Waals surface area (Å²) in [6.45, 7) is 4.48. The van der Waals surface area contributed by atoms with Gasteiger partial charge >= 0.3 is 0 Å². The highest BCUT2D eigenvalue weighted by atomic mass is 32.2. The largest absolute Gasteiger partial charge is 0.496 e. The molecule has 18 heavy (non-hydrogen) atoms. The second-order valence-electron chi connectivity index (χ2n) is 4.69. The number of ether oxygens (including phenoxy) is 1. The van der Waals surface area contributed by atoms with E-state index < -0.39 is 9.84 Å². The van der Waals surface area contributed by atoms with Gasteiger partial charge in [0, 0.05) is 24.4 Å². The zero-order valence-corrected chi connectivity index (χ0v) is 12.2. The van der Waals surface area contributed by atoms with E-state index in [1.165, 1.54) is 6.26 Å². The quantitative estimate of drug-likeness (QED) is 0.852. The minimum atomic E-state index is -2.95. The van der Waals surface area contributed by atoms with Crippen molar-refractivity contribution in [3.05, 3.63) is 29.3 Å². The number of benzene rings is 1. The summed E-state index contributed by atoms with van der Waals surface area (Å²) >= 11 is 0. The van der Waals surface area contributed by atoms with Crippen LogP contribution in [0.25, 0.3) is 0 Å². The Hall–Kier alpha value is -1.07. The Balaban J connectivity index is 2.65. The Morgan fingerprint density at radius 2 is 2.06 bits per heavy atom. The fraction of sp³-hybridized carbons (Fsp3) is 0.538. The van der Waals surface area contributed by atoms with Crippen molar-refractivity contribution in [1.29, 1.82) is 0 Å². The van der Waals surface area contributed by atoms with Crippen LogP contribution >= 0.6 is 0 Å². The van der Waals surface area contributed by atoms with E-state index in [0.717, 1.165) is 16.9 Å². The topological polar surface area (TPSA) is 55.4 Å². The molecule has 1 aromatic carbocycles. The van der Waals surface area contributed by atoms with Crippen LogP contribution in [0.4, 0.5) is 0 Å². The molecule has 0 aliphatic heterocycles. The normalized spacial score (nSPS) is 13.3. The summed E-state index contributed by atoms with van der Waals surface area (Å²) in [7, 11) is -1.31. The Labute approximate surface area is 109 Å². The van der Waals surface area contributed by atoms with E-state index in [2.05, 4.69) is 5.32 Å². The van der Waals surface area contributed by atoms with Gasteiger partial charge in [-0.15, -0.1) is 0 Å². The molecule has 0 amide bonds. The van der Waals surface area contributed by atoms with Crippen molar-refractivity contribution in [3.63, 3.8) is 0 Å². The molecular formula is C13H21NO3S. The van der Waals surface area contributed by atoms with Crippen molar-refractivity contribution < 1.29 is 13.2 Å². The van der Waals surface area contributed by atoms with E-state index >= 15 is 0 Å². The van der Waals surface area contributed by atoms with Gasteiger partial charge in [0.2, 0.25) is 0 Å². The van der Waals surface area contributed by atoms with Crippen molar-refractivity contribution in [3.8, 4) is 5.75 Å². The number of aryl methyl sites for hydroxylation is 1. The molecule has 0 spiro atoms. The van der Waals surface area contributed by atoms with Gasteiger partial charge in [-0.2, -0.15) is 0 Å². The van der Waals surface area contributed by atoms with E-state index in [4.69, 9.17) is 4.74 Å². The summed E-state index contributed by atoms with van der Waals surface area (Å²) in [5, 5.41) is 3.20. The monoisotopic (exact) mass is 271 g/mol. The van der Waals surface area contributed by atoms with Crippen LogP contribution in [-0.4, -0.2) is 33.6 Å². The third-order valence-electron chi connectivity index (χ3n) is 2.63. The molecule has 1 unspecified atom stereocenters. The Morgan fingerprint density at radius 3 is 2.61 bits per heavy atom. The summed E-state index contributed by atoms with van der Waals surface area (Å²) < 4.78 is 27.6. The molecule has 1 rings (SSSR count). The molecule has 0 aliphatic carbocycles. The lowest BCUT2D eigenvalue weighted by atomic mass is 10.1. The SMILES string of the molecule is COc1ccc(C)cc1CNC(C)CS(C)(=O)=O.